The van der Waals surface area contributed by atoms with Crippen LogP contribution in [0.3, 0.4) is 0 Å². The molecule has 1 aliphatic rings. The molecule has 190 valence electrons. The molecule has 1 amide bonds. The fourth-order valence-corrected chi connectivity index (χ4v) is 4.58. The maximum Gasteiger partial charge on any atom is 0.303 e. The van der Waals surface area contributed by atoms with Crippen LogP contribution < -0.4 is 10.1 Å². The van der Waals surface area contributed by atoms with Crippen LogP contribution >= 0.6 is 0 Å². The Hall–Kier alpha value is -3.68. The van der Waals surface area contributed by atoms with Gasteiger partial charge in [0.25, 0.3) is 5.91 Å². The van der Waals surface area contributed by atoms with E-state index in [2.05, 4.69) is 10.3 Å². The number of carboxylic acids is 1. The van der Waals surface area contributed by atoms with Crippen molar-refractivity contribution in [2.24, 2.45) is 0 Å². The fraction of sp³-hybridized carbons (Fsp3) is 0.429. The van der Waals surface area contributed by atoms with Gasteiger partial charge in [0.2, 0.25) is 0 Å². The van der Waals surface area contributed by atoms with E-state index in [4.69, 9.17) is 19.2 Å². The number of nitrogens with one attached hydrogen (secondary N) is 1. The molecule has 2 heterocycles. The second kappa shape index (κ2) is 12.3. The Morgan fingerprint density at radius 1 is 1.11 bits per heavy atom. The van der Waals surface area contributed by atoms with Crippen molar-refractivity contribution in [3.05, 3.63) is 76.8 Å². The zero-order valence-corrected chi connectivity index (χ0v) is 20.7. The molecule has 2 aromatic heterocycles. The van der Waals surface area contributed by atoms with Gasteiger partial charge in [-0.1, -0.05) is 31.4 Å². The number of aromatic nitrogens is 2. The standard InChI is InChI=1S/C28H33N3O5/c1-19-24(31-28(36-19)21-7-3-2-4-8-21)14-16-35-23-12-10-20(11-13-26(32)33)22(17-23)18-30-27(34)25-9-5-6-15-29-25/h5-6,9-10,12,15,17,21H,2-4,7-8,11,13-14,16,18H2,1H3,(H,30,34)(H,32,33). The lowest BCUT2D eigenvalue weighted by Gasteiger charge is -2.17. The number of hydrogen-bond donors (Lipinski definition) is 2. The number of amides is 1. The number of carboxylic acid groups (broad SMARTS) is 1. The molecule has 1 fully saturated rings. The summed E-state index contributed by atoms with van der Waals surface area (Å²) in [7, 11) is 0. The van der Waals surface area contributed by atoms with Crippen LogP contribution in [0.4, 0.5) is 0 Å². The molecule has 0 saturated heterocycles. The molecule has 0 aliphatic heterocycles. The van der Waals surface area contributed by atoms with Gasteiger partial charge in [-0.25, -0.2) is 4.98 Å². The summed E-state index contributed by atoms with van der Waals surface area (Å²) in [5.41, 5.74) is 2.93. The third-order valence-corrected chi connectivity index (χ3v) is 6.59. The highest BCUT2D eigenvalue weighted by atomic mass is 16.5. The number of benzene rings is 1. The minimum absolute atomic E-state index is 0.0101. The van der Waals surface area contributed by atoms with Crippen molar-refractivity contribution < 1.29 is 23.8 Å². The monoisotopic (exact) mass is 491 g/mol. The van der Waals surface area contributed by atoms with Crippen molar-refractivity contribution in [2.45, 2.75) is 70.8 Å². The van der Waals surface area contributed by atoms with Crippen molar-refractivity contribution in [3.63, 3.8) is 0 Å². The maximum atomic E-state index is 12.4. The van der Waals surface area contributed by atoms with Gasteiger partial charge in [-0.15, -0.1) is 0 Å². The Morgan fingerprint density at radius 3 is 2.69 bits per heavy atom. The summed E-state index contributed by atoms with van der Waals surface area (Å²) < 4.78 is 12.0. The molecular formula is C28H33N3O5. The summed E-state index contributed by atoms with van der Waals surface area (Å²) in [6, 6.07) is 10.7. The van der Waals surface area contributed by atoms with Gasteiger partial charge >= 0.3 is 5.97 Å². The van der Waals surface area contributed by atoms with Gasteiger partial charge < -0.3 is 19.6 Å². The first-order chi connectivity index (χ1) is 17.5. The normalized spacial score (nSPS) is 13.9. The Kier molecular flexibility index (Phi) is 8.71. The van der Waals surface area contributed by atoms with Crippen LogP contribution in [0, 0.1) is 6.92 Å². The Bertz CT molecular complexity index is 1170. The first-order valence-electron chi connectivity index (χ1n) is 12.6. The lowest BCUT2D eigenvalue weighted by atomic mass is 9.89. The summed E-state index contributed by atoms with van der Waals surface area (Å²) in [5.74, 6) is 1.63. The molecule has 0 unspecified atom stereocenters. The van der Waals surface area contributed by atoms with E-state index in [-0.39, 0.29) is 18.9 Å². The zero-order valence-electron chi connectivity index (χ0n) is 20.7. The highest BCUT2D eigenvalue weighted by Crippen LogP contribution is 2.33. The third kappa shape index (κ3) is 6.93. The van der Waals surface area contributed by atoms with E-state index in [0.717, 1.165) is 41.3 Å². The Balaban J connectivity index is 1.38. The SMILES string of the molecule is Cc1oc(C2CCCCC2)nc1CCOc1ccc(CCC(=O)O)c(CNC(=O)c2ccccn2)c1. The molecule has 0 radical (unpaired) electrons. The summed E-state index contributed by atoms with van der Waals surface area (Å²) >= 11 is 0. The molecule has 0 spiro atoms. The number of nitrogens with zero attached hydrogens (tertiary/aromatic N) is 2. The summed E-state index contributed by atoms with van der Waals surface area (Å²) in [4.78, 5) is 32.4. The predicted octanol–water partition coefficient (Wildman–Crippen LogP) is 4.99. The van der Waals surface area contributed by atoms with Crippen LogP contribution in [0.25, 0.3) is 0 Å². The smallest absolute Gasteiger partial charge is 0.303 e. The molecule has 1 aliphatic carbocycles. The highest BCUT2D eigenvalue weighted by Gasteiger charge is 2.22. The number of ether oxygens (including phenoxy) is 1. The maximum absolute atomic E-state index is 12.4. The first-order valence-corrected chi connectivity index (χ1v) is 12.6. The van der Waals surface area contributed by atoms with E-state index >= 15 is 0 Å². The van der Waals surface area contributed by atoms with E-state index in [1.165, 1.54) is 19.3 Å². The number of rotatable bonds is 11. The Labute approximate surface area is 211 Å². The average molecular weight is 492 g/mol. The van der Waals surface area contributed by atoms with Gasteiger partial charge in [0.1, 0.15) is 17.2 Å². The highest BCUT2D eigenvalue weighted by molar-refractivity contribution is 5.92. The minimum Gasteiger partial charge on any atom is -0.493 e. The molecule has 2 N–H and O–H groups in total. The van der Waals surface area contributed by atoms with Crippen molar-refractivity contribution in [1.29, 1.82) is 0 Å². The third-order valence-electron chi connectivity index (χ3n) is 6.59. The van der Waals surface area contributed by atoms with Gasteiger partial charge in [-0.05, 0) is 61.6 Å². The molecule has 8 heteroatoms. The van der Waals surface area contributed by atoms with Crippen LogP contribution in [0.15, 0.2) is 47.0 Å². The van der Waals surface area contributed by atoms with Crippen LogP contribution in [-0.4, -0.2) is 33.6 Å². The molecule has 1 aromatic carbocycles. The fourth-order valence-electron chi connectivity index (χ4n) is 4.58. The first kappa shape index (κ1) is 25.4. The number of carbonyl (C=O) groups excluding carboxylic acids is 1. The quantitative estimate of drug-likeness (QED) is 0.388. The average Bonchev–Trinajstić information content (AvgIpc) is 3.27. The Morgan fingerprint density at radius 2 is 1.94 bits per heavy atom. The van der Waals surface area contributed by atoms with E-state index in [0.29, 0.717) is 36.8 Å². The van der Waals surface area contributed by atoms with E-state index in [9.17, 15) is 9.59 Å². The molecule has 3 aromatic rings. The van der Waals surface area contributed by atoms with E-state index in [1.807, 2.05) is 25.1 Å². The molecule has 1 saturated carbocycles. The molecule has 36 heavy (non-hydrogen) atoms. The number of carbonyl (C=O) groups is 2. The second-order valence-corrected chi connectivity index (χ2v) is 9.21. The lowest BCUT2D eigenvalue weighted by Crippen LogP contribution is -2.24. The van der Waals surface area contributed by atoms with Crippen LogP contribution in [0.2, 0.25) is 0 Å². The van der Waals surface area contributed by atoms with Gasteiger partial charge in [0, 0.05) is 31.5 Å². The van der Waals surface area contributed by atoms with Crippen molar-refractivity contribution in [1.82, 2.24) is 15.3 Å². The molecular weight excluding hydrogens is 458 g/mol. The summed E-state index contributed by atoms with van der Waals surface area (Å²) in [6.07, 6.45) is 8.62. The second-order valence-electron chi connectivity index (χ2n) is 9.21. The summed E-state index contributed by atoms with van der Waals surface area (Å²) in [5, 5.41) is 12.0. The molecule has 8 nitrogen and oxygen atoms in total. The van der Waals surface area contributed by atoms with Crippen molar-refractivity contribution in [2.75, 3.05) is 6.61 Å². The zero-order chi connectivity index (χ0) is 25.3. The van der Waals surface area contributed by atoms with Gasteiger partial charge in [-0.3, -0.25) is 14.6 Å². The topological polar surface area (TPSA) is 115 Å². The molecule has 0 atom stereocenters. The van der Waals surface area contributed by atoms with Crippen molar-refractivity contribution >= 4 is 11.9 Å². The van der Waals surface area contributed by atoms with Crippen LogP contribution in [0.5, 0.6) is 5.75 Å². The largest absolute Gasteiger partial charge is 0.493 e. The van der Waals surface area contributed by atoms with Crippen LogP contribution in [-0.2, 0) is 24.2 Å². The number of oxazole rings is 1. The van der Waals surface area contributed by atoms with Gasteiger partial charge in [0.15, 0.2) is 5.89 Å². The number of pyridine rings is 1. The van der Waals surface area contributed by atoms with Crippen LogP contribution in [0.1, 0.15) is 83.4 Å². The van der Waals surface area contributed by atoms with Crippen molar-refractivity contribution in [3.8, 4) is 5.75 Å². The summed E-state index contributed by atoms with van der Waals surface area (Å²) in [6.45, 7) is 2.63. The lowest BCUT2D eigenvalue weighted by molar-refractivity contribution is -0.136. The van der Waals surface area contributed by atoms with E-state index in [1.54, 1.807) is 24.4 Å². The van der Waals surface area contributed by atoms with Gasteiger partial charge in [-0.2, -0.15) is 0 Å². The minimum atomic E-state index is -0.866. The van der Waals surface area contributed by atoms with Gasteiger partial charge in [0.05, 0.1) is 12.3 Å². The number of aryl methyl sites for hydroxylation is 2. The molecule has 4 rings (SSSR count). The van der Waals surface area contributed by atoms with E-state index < -0.39 is 5.97 Å². The number of aliphatic carboxylic acids is 1. The number of hydrogen-bond acceptors (Lipinski definition) is 6. The molecule has 0 bridgehead atoms. The predicted molar refractivity (Wildman–Crippen MR) is 134 cm³/mol.